The summed E-state index contributed by atoms with van der Waals surface area (Å²) in [5.41, 5.74) is 7.36. The Balaban J connectivity index is 2.24. The summed E-state index contributed by atoms with van der Waals surface area (Å²) in [5.74, 6) is 0.473. The fraction of sp³-hybridized carbons (Fsp3) is 0.571. The second-order valence-electron chi connectivity index (χ2n) is 5.37. The highest BCUT2D eigenvalue weighted by Gasteiger charge is 2.26. The van der Waals surface area contributed by atoms with Crippen LogP contribution in [0.2, 0.25) is 0 Å². The van der Waals surface area contributed by atoms with E-state index < -0.39 is 10.0 Å². The van der Waals surface area contributed by atoms with Crippen LogP contribution in [0.4, 0.5) is 5.69 Å². The van der Waals surface area contributed by atoms with Crippen molar-refractivity contribution in [1.29, 1.82) is 0 Å². The number of benzene rings is 1. The van der Waals surface area contributed by atoms with Gasteiger partial charge in [-0.15, -0.1) is 0 Å². The van der Waals surface area contributed by atoms with E-state index >= 15 is 0 Å². The number of hydrogen-bond donors (Lipinski definition) is 3. The summed E-state index contributed by atoms with van der Waals surface area (Å²) < 4.78 is 26.3. The molecule has 0 radical (unpaired) electrons. The lowest BCUT2D eigenvalue weighted by Gasteiger charge is -2.21. The molecule has 1 aromatic carbocycles. The van der Waals surface area contributed by atoms with E-state index in [0.29, 0.717) is 23.4 Å². The molecular weight excluding hydrogens is 274 g/mol. The van der Waals surface area contributed by atoms with Crippen molar-refractivity contribution in [2.45, 2.75) is 37.1 Å². The monoisotopic (exact) mass is 297 g/mol. The van der Waals surface area contributed by atoms with E-state index in [-0.39, 0.29) is 0 Å². The van der Waals surface area contributed by atoms with Crippen LogP contribution in [0.1, 0.15) is 24.8 Å². The summed E-state index contributed by atoms with van der Waals surface area (Å²) in [6, 6.07) is 5.80. The normalized spacial score (nSPS) is 22.9. The Morgan fingerprint density at radius 3 is 2.75 bits per heavy atom. The Morgan fingerprint density at radius 1 is 1.35 bits per heavy atom. The smallest absolute Gasteiger partial charge is 0.240 e. The molecule has 0 aromatic heterocycles. The van der Waals surface area contributed by atoms with Crippen LogP contribution in [-0.4, -0.2) is 28.1 Å². The van der Waals surface area contributed by atoms with Gasteiger partial charge in [0.25, 0.3) is 0 Å². The standard InChI is InChI=1S/C14H23N3O2S/c1-10-6-7-12(8-14(10)20(18,19)16-2)17-13-5-3-4-11(13)9-15/h6-8,11,13,16-17H,3-5,9,15H2,1-2H3. The van der Waals surface area contributed by atoms with Gasteiger partial charge in [0.2, 0.25) is 10.0 Å². The van der Waals surface area contributed by atoms with Crippen LogP contribution in [-0.2, 0) is 10.0 Å². The van der Waals surface area contributed by atoms with Crippen molar-refractivity contribution in [3.05, 3.63) is 23.8 Å². The van der Waals surface area contributed by atoms with Crippen molar-refractivity contribution in [1.82, 2.24) is 4.72 Å². The van der Waals surface area contributed by atoms with Gasteiger partial charge < -0.3 is 11.1 Å². The fourth-order valence-corrected chi connectivity index (χ4v) is 3.81. The van der Waals surface area contributed by atoms with Crippen molar-refractivity contribution in [3.8, 4) is 0 Å². The Bertz CT molecular complexity index is 572. The predicted molar refractivity (Wildman–Crippen MR) is 81.2 cm³/mol. The maximum absolute atomic E-state index is 12.0. The van der Waals surface area contributed by atoms with Gasteiger partial charge in [0.05, 0.1) is 4.90 Å². The van der Waals surface area contributed by atoms with E-state index in [9.17, 15) is 8.42 Å². The summed E-state index contributed by atoms with van der Waals surface area (Å²) in [4.78, 5) is 0.326. The van der Waals surface area contributed by atoms with Crippen LogP contribution in [0.15, 0.2) is 23.1 Å². The second kappa shape index (κ2) is 6.11. The summed E-state index contributed by atoms with van der Waals surface area (Å²) in [6.45, 7) is 2.47. The molecule has 0 bridgehead atoms. The minimum Gasteiger partial charge on any atom is -0.382 e. The third kappa shape index (κ3) is 3.13. The number of aryl methyl sites for hydroxylation is 1. The molecule has 20 heavy (non-hydrogen) atoms. The molecule has 1 saturated carbocycles. The van der Waals surface area contributed by atoms with Crippen molar-refractivity contribution >= 4 is 15.7 Å². The van der Waals surface area contributed by atoms with Crippen molar-refractivity contribution in [2.75, 3.05) is 18.9 Å². The molecule has 112 valence electrons. The minimum absolute atomic E-state index is 0.326. The first-order chi connectivity index (χ1) is 9.47. The lowest BCUT2D eigenvalue weighted by molar-refractivity contribution is 0.516. The summed E-state index contributed by atoms with van der Waals surface area (Å²) in [7, 11) is -1.99. The molecule has 0 aliphatic heterocycles. The van der Waals surface area contributed by atoms with E-state index in [1.807, 2.05) is 12.1 Å². The quantitative estimate of drug-likeness (QED) is 0.768. The van der Waals surface area contributed by atoms with E-state index in [2.05, 4.69) is 10.0 Å². The molecule has 1 fully saturated rings. The zero-order valence-corrected chi connectivity index (χ0v) is 12.8. The average Bonchev–Trinajstić information content (AvgIpc) is 2.88. The van der Waals surface area contributed by atoms with Gasteiger partial charge in [-0.3, -0.25) is 0 Å². The number of nitrogens with one attached hydrogen (secondary N) is 2. The molecule has 2 atom stereocenters. The minimum atomic E-state index is -3.42. The molecule has 5 nitrogen and oxygen atoms in total. The zero-order valence-electron chi connectivity index (χ0n) is 12.0. The van der Waals surface area contributed by atoms with Gasteiger partial charge in [-0.1, -0.05) is 12.5 Å². The van der Waals surface area contributed by atoms with Gasteiger partial charge in [-0.05, 0) is 57.0 Å². The third-order valence-corrected chi connectivity index (χ3v) is 5.62. The highest BCUT2D eigenvalue weighted by molar-refractivity contribution is 7.89. The third-order valence-electron chi connectivity index (χ3n) is 4.06. The molecule has 1 aliphatic rings. The molecule has 0 saturated heterocycles. The predicted octanol–water partition coefficient (Wildman–Crippen LogP) is 1.44. The topological polar surface area (TPSA) is 84.2 Å². The van der Waals surface area contributed by atoms with Gasteiger partial charge in [-0.25, -0.2) is 13.1 Å². The lowest BCUT2D eigenvalue weighted by atomic mass is 10.0. The van der Waals surface area contributed by atoms with Crippen LogP contribution in [0.5, 0.6) is 0 Å². The van der Waals surface area contributed by atoms with E-state index in [1.165, 1.54) is 13.5 Å². The summed E-state index contributed by atoms with van der Waals surface area (Å²) in [6.07, 6.45) is 3.40. The van der Waals surface area contributed by atoms with Gasteiger partial charge in [-0.2, -0.15) is 0 Å². The highest BCUT2D eigenvalue weighted by atomic mass is 32.2. The van der Waals surface area contributed by atoms with Crippen molar-refractivity contribution in [3.63, 3.8) is 0 Å². The SMILES string of the molecule is CNS(=O)(=O)c1cc(NC2CCCC2CN)ccc1C. The molecule has 0 spiro atoms. The largest absolute Gasteiger partial charge is 0.382 e. The second-order valence-corrected chi connectivity index (χ2v) is 7.22. The molecular formula is C14H23N3O2S. The molecule has 2 rings (SSSR count). The molecule has 1 aliphatic carbocycles. The molecule has 1 aromatic rings. The Morgan fingerprint density at radius 2 is 2.10 bits per heavy atom. The highest BCUT2D eigenvalue weighted by Crippen LogP contribution is 2.29. The number of hydrogen-bond acceptors (Lipinski definition) is 4. The van der Waals surface area contributed by atoms with Crippen LogP contribution in [0, 0.1) is 12.8 Å². The van der Waals surface area contributed by atoms with Crippen LogP contribution < -0.4 is 15.8 Å². The maximum Gasteiger partial charge on any atom is 0.240 e. The fourth-order valence-electron chi connectivity index (χ4n) is 2.81. The van der Waals surface area contributed by atoms with E-state index in [4.69, 9.17) is 5.73 Å². The summed E-state index contributed by atoms with van der Waals surface area (Å²) in [5, 5.41) is 3.43. The first kappa shape index (κ1) is 15.3. The Kier molecular flexibility index (Phi) is 4.67. The van der Waals surface area contributed by atoms with E-state index in [0.717, 1.165) is 24.1 Å². The lowest BCUT2D eigenvalue weighted by Crippen LogP contribution is -2.29. The molecule has 6 heteroatoms. The van der Waals surface area contributed by atoms with Crippen LogP contribution in [0.3, 0.4) is 0 Å². The molecule has 0 amide bonds. The van der Waals surface area contributed by atoms with Crippen LogP contribution >= 0.6 is 0 Å². The zero-order chi connectivity index (χ0) is 14.8. The maximum atomic E-state index is 12.0. The van der Waals surface area contributed by atoms with Gasteiger partial charge >= 0.3 is 0 Å². The number of rotatable bonds is 5. The first-order valence-corrected chi connectivity index (χ1v) is 8.47. The summed E-state index contributed by atoms with van der Waals surface area (Å²) >= 11 is 0. The number of anilines is 1. The Hall–Kier alpha value is -1.11. The van der Waals surface area contributed by atoms with Gasteiger partial charge in [0.15, 0.2) is 0 Å². The number of nitrogens with two attached hydrogens (primary N) is 1. The van der Waals surface area contributed by atoms with Gasteiger partial charge in [0, 0.05) is 11.7 Å². The Labute approximate surface area is 121 Å². The van der Waals surface area contributed by atoms with Gasteiger partial charge in [0.1, 0.15) is 0 Å². The number of sulfonamides is 1. The average molecular weight is 297 g/mol. The van der Waals surface area contributed by atoms with Crippen molar-refractivity contribution in [2.24, 2.45) is 11.7 Å². The molecule has 2 unspecified atom stereocenters. The van der Waals surface area contributed by atoms with Crippen LogP contribution in [0.25, 0.3) is 0 Å². The van der Waals surface area contributed by atoms with E-state index in [1.54, 1.807) is 13.0 Å². The molecule has 0 heterocycles. The molecule has 4 N–H and O–H groups in total. The first-order valence-electron chi connectivity index (χ1n) is 6.98. The van der Waals surface area contributed by atoms with Crippen molar-refractivity contribution < 1.29 is 8.42 Å².